The van der Waals surface area contributed by atoms with Crippen LogP contribution in [0.15, 0.2) is 48.7 Å². The molecule has 1 aliphatic rings. The molecule has 0 radical (unpaired) electrons. The Hall–Kier alpha value is -3.57. The zero-order valence-electron chi connectivity index (χ0n) is 21.0. The number of carboxylic acids is 1. The van der Waals surface area contributed by atoms with Crippen LogP contribution in [-0.2, 0) is 11.2 Å². The Labute approximate surface area is 218 Å². The molecular weight excluding hydrogens is 503 g/mol. The minimum atomic E-state index is -5.08. The third-order valence-corrected chi connectivity index (χ3v) is 6.49. The number of aliphatic hydroxyl groups is 1. The number of piperidine rings is 1. The van der Waals surface area contributed by atoms with Gasteiger partial charge in [0.15, 0.2) is 0 Å². The largest absolute Gasteiger partial charge is 0.508 e. The van der Waals surface area contributed by atoms with Crippen LogP contribution in [0.2, 0.25) is 0 Å². The van der Waals surface area contributed by atoms with Gasteiger partial charge in [-0.15, -0.1) is 0 Å². The average molecular weight is 536 g/mol. The molecule has 4 rings (SSSR count). The maximum Gasteiger partial charge on any atom is 0.490 e. The van der Waals surface area contributed by atoms with Gasteiger partial charge < -0.3 is 30.5 Å². The van der Waals surface area contributed by atoms with Crippen molar-refractivity contribution in [3.8, 4) is 5.75 Å². The summed E-state index contributed by atoms with van der Waals surface area (Å²) in [5.74, 6) is -2.45. The maximum absolute atomic E-state index is 13.0. The number of hydrogen-bond donors (Lipinski definition) is 5. The molecule has 0 unspecified atom stereocenters. The highest BCUT2D eigenvalue weighted by molar-refractivity contribution is 6.06. The summed E-state index contributed by atoms with van der Waals surface area (Å²) in [5.41, 5.74) is 3.58. The average Bonchev–Trinajstić information content (AvgIpc) is 3.31. The van der Waals surface area contributed by atoms with E-state index in [1.54, 1.807) is 24.3 Å². The SMILES string of the molecule is C[C@H](NCCc1c[nH]c2c(C(=O)N3CCCCC3)cccc12)[C@H](O)c1ccc(O)cc1.O=C(O)C(F)(F)F. The summed E-state index contributed by atoms with van der Waals surface area (Å²) in [6, 6.07) is 12.4. The van der Waals surface area contributed by atoms with Crippen molar-refractivity contribution in [1.29, 1.82) is 0 Å². The Morgan fingerprint density at radius 1 is 1.08 bits per heavy atom. The number of carboxylic acid groups (broad SMARTS) is 1. The number of phenolic OH excluding ortho intramolecular Hbond substituents is 1. The van der Waals surface area contributed by atoms with E-state index >= 15 is 0 Å². The van der Waals surface area contributed by atoms with Gasteiger partial charge >= 0.3 is 12.1 Å². The zero-order chi connectivity index (χ0) is 27.9. The van der Waals surface area contributed by atoms with Crippen molar-refractivity contribution in [2.75, 3.05) is 19.6 Å². The van der Waals surface area contributed by atoms with Crippen molar-refractivity contribution in [2.24, 2.45) is 0 Å². The molecule has 1 fully saturated rings. The van der Waals surface area contributed by atoms with Crippen LogP contribution in [0, 0.1) is 0 Å². The lowest BCUT2D eigenvalue weighted by molar-refractivity contribution is -0.192. The van der Waals surface area contributed by atoms with Crippen LogP contribution >= 0.6 is 0 Å². The second-order valence-corrected chi connectivity index (χ2v) is 9.23. The Kier molecular flexibility index (Phi) is 9.76. The lowest BCUT2D eigenvalue weighted by atomic mass is 10.0. The fourth-order valence-electron chi connectivity index (χ4n) is 4.37. The van der Waals surface area contributed by atoms with Gasteiger partial charge in [-0.3, -0.25) is 4.79 Å². The number of aromatic amines is 1. The molecule has 38 heavy (non-hydrogen) atoms. The van der Waals surface area contributed by atoms with Gasteiger partial charge in [0.25, 0.3) is 5.91 Å². The van der Waals surface area contributed by atoms with Crippen LogP contribution in [-0.4, -0.2) is 68.9 Å². The first-order chi connectivity index (χ1) is 18.0. The second-order valence-electron chi connectivity index (χ2n) is 9.23. The predicted octanol–water partition coefficient (Wildman–Crippen LogP) is 4.39. The molecule has 2 heterocycles. The number of carbonyl (C=O) groups excluding carboxylic acids is 1. The number of alkyl halides is 3. The number of halogens is 3. The van der Waals surface area contributed by atoms with Crippen LogP contribution < -0.4 is 5.32 Å². The first-order valence-electron chi connectivity index (χ1n) is 12.4. The van der Waals surface area contributed by atoms with Crippen LogP contribution in [0.25, 0.3) is 10.9 Å². The number of fused-ring (bicyclic) bond motifs is 1. The topological polar surface area (TPSA) is 126 Å². The van der Waals surface area contributed by atoms with E-state index in [-0.39, 0.29) is 17.7 Å². The number of nitrogens with one attached hydrogen (secondary N) is 2. The van der Waals surface area contributed by atoms with E-state index in [9.17, 15) is 28.2 Å². The number of benzene rings is 2. The van der Waals surface area contributed by atoms with E-state index in [1.165, 1.54) is 6.42 Å². The fraction of sp³-hybridized carbons (Fsp3) is 0.407. The number of aliphatic hydroxyl groups excluding tert-OH is 1. The number of phenols is 1. The van der Waals surface area contributed by atoms with Gasteiger partial charge in [-0.1, -0.05) is 24.3 Å². The molecular formula is C27H32F3N3O5. The minimum Gasteiger partial charge on any atom is -0.508 e. The number of nitrogens with zero attached hydrogens (tertiary/aromatic N) is 1. The quantitative estimate of drug-likeness (QED) is 0.306. The number of aliphatic carboxylic acids is 1. The summed E-state index contributed by atoms with van der Waals surface area (Å²) >= 11 is 0. The van der Waals surface area contributed by atoms with Gasteiger partial charge in [0.2, 0.25) is 0 Å². The van der Waals surface area contributed by atoms with Crippen LogP contribution in [0.3, 0.4) is 0 Å². The van der Waals surface area contributed by atoms with Crippen molar-refractivity contribution < 1.29 is 38.1 Å². The van der Waals surface area contributed by atoms with Crippen molar-refractivity contribution >= 4 is 22.8 Å². The number of para-hydroxylation sites is 1. The Balaban J connectivity index is 0.000000505. The molecule has 2 atom stereocenters. The molecule has 0 saturated carbocycles. The number of H-pyrrole nitrogens is 1. The van der Waals surface area contributed by atoms with Gasteiger partial charge in [-0.25, -0.2) is 4.79 Å². The molecule has 11 heteroatoms. The predicted molar refractivity (Wildman–Crippen MR) is 136 cm³/mol. The molecule has 1 aliphatic heterocycles. The molecule has 206 valence electrons. The first kappa shape index (κ1) is 29.0. The number of likely N-dealkylation sites (tertiary alicyclic amines) is 1. The van der Waals surface area contributed by atoms with Crippen molar-refractivity contribution in [3.63, 3.8) is 0 Å². The fourth-order valence-corrected chi connectivity index (χ4v) is 4.37. The minimum absolute atomic E-state index is 0.113. The molecule has 5 N–H and O–H groups in total. The van der Waals surface area contributed by atoms with E-state index < -0.39 is 18.2 Å². The summed E-state index contributed by atoms with van der Waals surface area (Å²) in [6.07, 6.45) is 0.397. The summed E-state index contributed by atoms with van der Waals surface area (Å²) in [4.78, 5) is 27.2. The highest BCUT2D eigenvalue weighted by Crippen LogP contribution is 2.25. The highest BCUT2D eigenvalue weighted by atomic mass is 19.4. The van der Waals surface area contributed by atoms with Crippen LogP contribution in [0.5, 0.6) is 5.75 Å². The van der Waals surface area contributed by atoms with Gasteiger partial charge in [0.1, 0.15) is 5.75 Å². The molecule has 8 nitrogen and oxygen atoms in total. The third-order valence-electron chi connectivity index (χ3n) is 6.49. The van der Waals surface area contributed by atoms with E-state index in [0.717, 1.165) is 59.9 Å². The van der Waals surface area contributed by atoms with Gasteiger partial charge in [-0.2, -0.15) is 13.2 Å². The Morgan fingerprint density at radius 2 is 1.71 bits per heavy atom. The maximum atomic E-state index is 13.0. The van der Waals surface area contributed by atoms with Crippen LogP contribution in [0.4, 0.5) is 13.2 Å². The number of rotatable bonds is 7. The highest BCUT2D eigenvalue weighted by Gasteiger charge is 2.38. The molecule has 3 aromatic rings. The smallest absolute Gasteiger partial charge is 0.490 e. The van der Waals surface area contributed by atoms with E-state index in [0.29, 0.717) is 6.54 Å². The summed E-state index contributed by atoms with van der Waals surface area (Å²) < 4.78 is 31.7. The van der Waals surface area contributed by atoms with Crippen LogP contribution in [0.1, 0.15) is 53.8 Å². The van der Waals surface area contributed by atoms with Gasteiger partial charge in [0, 0.05) is 30.7 Å². The van der Waals surface area contributed by atoms with E-state index in [4.69, 9.17) is 9.90 Å². The molecule has 2 aromatic carbocycles. The number of aromatic hydroxyl groups is 1. The molecule has 1 amide bonds. The first-order valence-corrected chi connectivity index (χ1v) is 12.4. The lowest BCUT2D eigenvalue weighted by Crippen LogP contribution is -2.35. The zero-order valence-corrected chi connectivity index (χ0v) is 21.0. The summed E-state index contributed by atoms with van der Waals surface area (Å²) in [5, 5.41) is 31.5. The molecule has 1 saturated heterocycles. The standard InChI is InChI=1S/C25H31N3O3.C2HF3O2/c1-17(24(30)18-8-10-20(29)11-9-18)26-13-12-19-16-27-23-21(19)6-5-7-22(23)25(31)28-14-3-2-4-15-28;3-2(4,5)1(6)7/h5-11,16-17,24,26-27,29-30H,2-4,12-15H2,1H3;(H,6,7)/t17-,24-;/m0./s1. The number of carbonyl (C=O) groups is 2. The Bertz CT molecular complexity index is 1220. The normalized spacial score (nSPS) is 15.4. The summed E-state index contributed by atoms with van der Waals surface area (Å²) in [6.45, 7) is 4.33. The van der Waals surface area contributed by atoms with Crippen molar-refractivity contribution in [2.45, 2.75) is 50.9 Å². The number of amides is 1. The second kappa shape index (κ2) is 12.8. The lowest BCUT2D eigenvalue weighted by Gasteiger charge is -2.26. The molecule has 0 spiro atoms. The Morgan fingerprint density at radius 3 is 2.32 bits per heavy atom. The third kappa shape index (κ3) is 7.48. The van der Waals surface area contributed by atoms with Crippen molar-refractivity contribution in [3.05, 3.63) is 65.4 Å². The molecule has 0 bridgehead atoms. The number of aromatic nitrogens is 1. The van der Waals surface area contributed by atoms with E-state index in [1.807, 2.05) is 30.2 Å². The van der Waals surface area contributed by atoms with Gasteiger partial charge in [-0.05, 0) is 68.5 Å². The molecule has 0 aliphatic carbocycles. The molecule has 1 aromatic heterocycles. The summed E-state index contributed by atoms with van der Waals surface area (Å²) in [7, 11) is 0. The van der Waals surface area contributed by atoms with E-state index in [2.05, 4.69) is 16.4 Å². The van der Waals surface area contributed by atoms with Crippen molar-refractivity contribution in [1.82, 2.24) is 15.2 Å². The number of hydrogen-bond acceptors (Lipinski definition) is 5. The monoisotopic (exact) mass is 535 g/mol. The van der Waals surface area contributed by atoms with Gasteiger partial charge in [0.05, 0.1) is 17.2 Å².